The highest BCUT2D eigenvalue weighted by molar-refractivity contribution is 5.85. The average molecular weight is 472 g/mol. The summed E-state index contributed by atoms with van der Waals surface area (Å²) in [6, 6.07) is 18.4. The van der Waals surface area contributed by atoms with Gasteiger partial charge in [-0.3, -0.25) is 10.2 Å². The molecule has 1 saturated heterocycles. The fraction of sp³-hybridized carbons (Fsp3) is 0.250. The van der Waals surface area contributed by atoms with Crippen LogP contribution >= 0.6 is 0 Å². The van der Waals surface area contributed by atoms with Gasteiger partial charge in [-0.2, -0.15) is 0 Å². The maximum atomic E-state index is 12.4. The lowest BCUT2D eigenvalue weighted by atomic mass is 10.2. The van der Waals surface area contributed by atoms with Crippen LogP contribution < -0.4 is 19.7 Å². The van der Waals surface area contributed by atoms with Crippen molar-refractivity contribution in [3.8, 4) is 11.5 Å². The quantitative estimate of drug-likeness (QED) is 0.528. The molecule has 2 aromatic carbocycles. The molecule has 1 aliphatic heterocycles. The lowest BCUT2D eigenvalue weighted by molar-refractivity contribution is -0.274. The molecule has 1 fully saturated rings. The van der Waals surface area contributed by atoms with Crippen molar-refractivity contribution in [1.29, 1.82) is 0 Å². The van der Waals surface area contributed by atoms with Gasteiger partial charge < -0.3 is 14.4 Å². The number of rotatable bonds is 6. The summed E-state index contributed by atoms with van der Waals surface area (Å²) >= 11 is 0. The molecular formula is C24H23F3N4O3. The predicted octanol–water partition coefficient (Wildman–Crippen LogP) is 5.26. The highest BCUT2D eigenvalue weighted by Gasteiger charge is 2.31. The van der Waals surface area contributed by atoms with E-state index in [2.05, 4.69) is 31.8 Å². The Balaban J connectivity index is 1.34. The van der Waals surface area contributed by atoms with Crippen molar-refractivity contribution in [2.45, 2.75) is 25.9 Å². The Hall–Kier alpha value is -3.79. The number of halogens is 3. The number of aromatic nitrogens is 1. The first-order valence-corrected chi connectivity index (χ1v) is 10.6. The van der Waals surface area contributed by atoms with Crippen LogP contribution in [0.25, 0.3) is 0 Å². The number of para-hydroxylation sites is 1. The molecule has 1 aliphatic rings. The van der Waals surface area contributed by atoms with E-state index in [9.17, 15) is 18.0 Å². The van der Waals surface area contributed by atoms with Gasteiger partial charge in [0, 0.05) is 31.0 Å². The van der Waals surface area contributed by atoms with Crippen molar-refractivity contribution in [2.75, 3.05) is 23.4 Å². The number of hydrogen-bond acceptors (Lipinski definition) is 6. The van der Waals surface area contributed by atoms with E-state index in [1.54, 1.807) is 48.7 Å². The van der Waals surface area contributed by atoms with Gasteiger partial charge in [-0.25, -0.2) is 9.78 Å². The van der Waals surface area contributed by atoms with Crippen LogP contribution in [-0.4, -0.2) is 41.6 Å². The van der Waals surface area contributed by atoms with Crippen molar-refractivity contribution < 1.29 is 27.4 Å². The molecule has 0 aliphatic carbocycles. The summed E-state index contributed by atoms with van der Waals surface area (Å²) in [6.07, 6.45) is -3.72. The van der Waals surface area contributed by atoms with E-state index in [0.29, 0.717) is 24.8 Å². The lowest BCUT2D eigenvalue weighted by Gasteiger charge is -2.21. The second-order valence-corrected chi connectivity index (χ2v) is 7.88. The third-order valence-electron chi connectivity index (χ3n) is 5.29. The molecule has 3 aromatic rings. The molecule has 10 heteroatoms. The van der Waals surface area contributed by atoms with Gasteiger partial charge in [0.15, 0.2) is 0 Å². The summed E-state index contributed by atoms with van der Waals surface area (Å²) in [4.78, 5) is 20.6. The number of ether oxygens (including phenoxy) is 2. The number of carbonyl (C=O) groups excluding carboxylic acids is 1. The Labute approximate surface area is 194 Å². The molecule has 0 saturated carbocycles. The lowest BCUT2D eigenvalue weighted by Crippen LogP contribution is -2.28. The van der Waals surface area contributed by atoms with E-state index in [-0.39, 0.29) is 11.8 Å². The molecule has 1 aromatic heterocycles. The van der Waals surface area contributed by atoms with Gasteiger partial charge in [-0.1, -0.05) is 18.2 Å². The summed E-state index contributed by atoms with van der Waals surface area (Å²) < 4.78 is 46.3. The van der Waals surface area contributed by atoms with Crippen molar-refractivity contribution in [2.24, 2.45) is 0 Å². The van der Waals surface area contributed by atoms with Crippen LogP contribution in [0.1, 0.15) is 12.5 Å². The van der Waals surface area contributed by atoms with E-state index in [4.69, 9.17) is 4.74 Å². The van der Waals surface area contributed by atoms with E-state index in [0.717, 1.165) is 17.8 Å². The Morgan fingerprint density at radius 2 is 1.82 bits per heavy atom. The zero-order valence-electron chi connectivity index (χ0n) is 18.3. The third-order valence-corrected chi connectivity index (χ3v) is 5.29. The first-order valence-electron chi connectivity index (χ1n) is 10.6. The monoisotopic (exact) mass is 472 g/mol. The predicted molar refractivity (Wildman–Crippen MR) is 121 cm³/mol. The summed E-state index contributed by atoms with van der Waals surface area (Å²) in [7, 11) is 0. The normalized spacial score (nSPS) is 16.4. The standard InChI is InChI=1S/C24H23F3N4O3/c1-17-14-31(19-7-9-21(10-8-19)34-24(25,26)27)16-30(17)15-18-11-12-28-22(13-18)29-23(32)33-20-5-3-2-4-6-20/h2-13,17H,14-16H2,1H3,(H,28,29,32). The van der Waals surface area contributed by atoms with Crippen LogP contribution in [0, 0.1) is 0 Å². The molecule has 2 heterocycles. The smallest absolute Gasteiger partial charge is 0.410 e. The number of hydrogen-bond donors (Lipinski definition) is 1. The number of alkyl halides is 3. The minimum Gasteiger partial charge on any atom is -0.410 e. The van der Waals surface area contributed by atoms with Gasteiger partial charge in [0.2, 0.25) is 0 Å². The average Bonchev–Trinajstić information content (AvgIpc) is 3.14. The molecule has 1 unspecified atom stereocenters. The van der Waals surface area contributed by atoms with Crippen LogP contribution in [0.4, 0.5) is 29.5 Å². The largest absolute Gasteiger partial charge is 0.573 e. The second-order valence-electron chi connectivity index (χ2n) is 7.88. The molecule has 0 radical (unpaired) electrons. The highest BCUT2D eigenvalue weighted by atomic mass is 19.4. The number of carbonyl (C=O) groups is 1. The molecule has 4 rings (SSSR count). The second kappa shape index (κ2) is 10.0. The highest BCUT2D eigenvalue weighted by Crippen LogP contribution is 2.28. The summed E-state index contributed by atoms with van der Waals surface area (Å²) in [5, 5.41) is 2.63. The first kappa shape index (κ1) is 23.4. The van der Waals surface area contributed by atoms with E-state index in [1.807, 2.05) is 12.1 Å². The zero-order chi connectivity index (χ0) is 24.1. The number of anilines is 2. The topological polar surface area (TPSA) is 66.9 Å². The van der Waals surface area contributed by atoms with Crippen molar-refractivity contribution in [3.63, 3.8) is 0 Å². The van der Waals surface area contributed by atoms with Gasteiger partial charge in [0.05, 0.1) is 6.67 Å². The van der Waals surface area contributed by atoms with E-state index < -0.39 is 12.5 Å². The minimum atomic E-state index is -4.71. The SMILES string of the molecule is CC1CN(c2ccc(OC(F)(F)F)cc2)CN1Cc1ccnc(NC(=O)Oc2ccccc2)c1. The number of nitrogens with one attached hydrogen (secondary N) is 1. The maximum absolute atomic E-state index is 12.4. The molecule has 1 amide bonds. The van der Waals surface area contributed by atoms with Crippen LogP contribution in [0.5, 0.6) is 11.5 Å². The fourth-order valence-electron chi connectivity index (χ4n) is 3.70. The Bertz CT molecular complexity index is 1110. The number of benzene rings is 2. The Kier molecular flexibility index (Phi) is 6.87. The number of amides is 1. The van der Waals surface area contributed by atoms with Gasteiger partial charge in [0.1, 0.15) is 17.3 Å². The number of nitrogens with zero attached hydrogens (tertiary/aromatic N) is 3. The Morgan fingerprint density at radius 1 is 1.09 bits per heavy atom. The van der Waals surface area contributed by atoms with E-state index in [1.165, 1.54) is 12.1 Å². The summed E-state index contributed by atoms with van der Waals surface area (Å²) in [5.74, 6) is 0.561. The molecule has 1 atom stereocenters. The van der Waals surface area contributed by atoms with Gasteiger partial charge >= 0.3 is 12.5 Å². The number of pyridine rings is 1. The van der Waals surface area contributed by atoms with Gasteiger partial charge in [0.25, 0.3) is 0 Å². The maximum Gasteiger partial charge on any atom is 0.573 e. The Morgan fingerprint density at radius 3 is 2.53 bits per heavy atom. The van der Waals surface area contributed by atoms with Crippen molar-refractivity contribution >= 4 is 17.6 Å². The fourth-order valence-corrected chi connectivity index (χ4v) is 3.70. The van der Waals surface area contributed by atoms with Crippen LogP contribution in [-0.2, 0) is 6.54 Å². The molecule has 7 nitrogen and oxygen atoms in total. The van der Waals surface area contributed by atoms with Gasteiger partial charge in [-0.05, 0) is 61.0 Å². The molecule has 34 heavy (non-hydrogen) atoms. The van der Waals surface area contributed by atoms with E-state index >= 15 is 0 Å². The van der Waals surface area contributed by atoms with Crippen LogP contribution in [0.15, 0.2) is 72.9 Å². The van der Waals surface area contributed by atoms with Crippen LogP contribution in [0.3, 0.4) is 0 Å². The molecule has 0 bridgehead atoms. The first-order chi connectivity index (χ1) is 16.2. The zero-order valence-corrected chi connectivity index (χ0v) is 18.3. The molecular weight excluding hydrogens is 449 g/mol. The van der Waals surface area contributed by atoms with Gasteiger partial charge in [-0.15, -0.1) is 13.2 Å². The third kappa shape index (κ3) is 6.38. The molecule has 1 N–H and O–H groups in total. The molecule has 0 spiro atoms. The minimum absolute atomic E-state index is 0.207. The van der Waals surface area contributed by atoms with Crippen molar-refractivity contribution in [1.82, 2.24) is 9.88 Å². The molecule has 178 valence electrons. The summed E-state index contributed by atoms with van der Waals surface area (Å²) in [6.45, 7) is 4.01. The van der Waals surface area contributed by atoms with Crippen LogP contribution in [0.2, 0.25) is 0 Å². The van der Waals surface area contributed by atoms with Crippen molar-refractivity contribution in [3.05, 3.63) is 78.5 Å². The summed E-state index contributed by atoms with van der Waals surface area (Å²) in [5.41, 5.74) is 1.76.